The second-order valence-electron chi connectivity index (χ2n) is 7.64. The van der Waals surface area contributed by atoms with Crippen molar-refractivity contribution in [3.8, 4) is 0 Å². The highest BCUT2D eigenvalue weighted by molar-refractivity contribution is 7.89. The number of halogens is 1. The van der Waals surface area contributed by atoms with Gasteiger partial charge in [-0.15, -0.1) is 0 Å². The van der Waals surface area contributed by atoms with E-state index in [1.54, 1.807) is 19.1 Å². The molecule has 166 valence electrons. The SMILES string of the molecule is Cc1ccc(S(=O)(=O)N/N=C2\CCCc3oc(C(=O)Nc4ccc(F)cc4)c(C)c32)cc1. The van der Waals surface area contributed by atoms with Gasteiger partial charge in [0.15, 0.2) is 5.76 Å². The van der Waals surface area contributed by atoms with Crippen LogP contribution in [0.1, 0.15) is 45.8 Å². The van der Waals surface area contributed by atoms with Crippen molar-refractivity contribution in [2.75, 3.05) is 5.32 Å². The molecule has 0 aliphatic heterocycles. The number of fused-ring (bicyclic) bond motifs is 1. The standard InChI is InChI=1S/C23H22FN3O4S/c1-14-6-12-18(13-7-14)32(29,30)27-26-19-4-3-5-20-21(19)15(2)22(31-20)23(28)25-17-10-8-16(24)9-11-17/h6-13,27H,3-5H2,1-2H3,(H,25,28)/b26-19+. The molecule has 2 aromatic carbocycles. The number of furan rings is 1. The summed E-state index contributed by atoms with van der Waals surface area (Å²) in [6.07, 6.45) is 1.87. The average molecular weight is 456 g/mol. The maximum atomic E-state index is 13.1. The average Bonchev–Trinajstić information content (AvgIpc) is 3.11. The van der Waals surface area contributed by atoms with Crippen molar-refractivity contribution in [2.45, 2.75) is 38.0 Å². The molecule has 32 heavy (non-hydrogen) atoms. The Morgan fingerprint density at radius 3 is 2.41 bits per heavy atom. The van der Waals surface area contributed by atoms with Gasteiger partial charge < -0.3 is 9.73 Å². The zero-order valence-corrected chi connectivity index (χ0v) is 18.4. The molecule has 3 aromatic rings. The first kappa shape index (κ1) is 21.8. The van der Waals surface area contributed by atoms with Crippen LogP contribution in [-0.4, -0.2) is 20.0 Å². The summed E-state index contributed by atoms with van der Waals surface area (Å²) < 4.78 is 44.1. The van der Waals surface area contributed by atoms with Gasteiger partial charge in [0.25, 0.3) is 15.9 Å². The lowest BCUT2D eigenvalue weighted by atomic mass is 9.93. The fraction of sp³-hybridized carbons (Fsp3) is 0.217. The third-order valence-electron chi connectivity index (χ3n) is 5.27. The summed E-state index contributed by atoms with van der Waals surface area (Å²) in [6.45, 7) is 3.61. The van der Waals surface area contributed by atoms with Crippen molar-refractivity contribution < 1.29 is 22.0 Å². The molecular formula is C23H22FN3O4S. The second-order valence-corrected chi connectivity index (χ2v) is 9.30. The second kappa shape index (κ2) is 8.58. The molecule has 0 spiro atoms. The van der Waals surface area contributed by atoms with Crippen LogP contribution in [0.2, 0.25) is 0 Å². The molecule has 7 nitrogen and oxygen atoms in total. The van der Waals surface area contributed by atoms with E-state index in [1.807, 2.05) is 6.92 Å². The van der Waals surface area contributed by atoms with Gasteiger partial charge in [-0.1, -0.05) is 17.7 Å². The fourth-order valence-electron chi connectivity index (χ4n) is 3.60. The number of benzene rings is 2. The Bertz CT molecular complexity index is 1290. The summed E-state index contributed by atoms with van der Waals surface area (Å²) in [7, 11) is -3.82. The van der Waals surface area contributed by atoms with Gasteiger partial charge in [-0.2, -0.15) is 18.4 Å². The zero-order valence-electron chi connectivity index (χ0n) is 17.6. The minimum atomic E-state index is -3.82. The molecule has 0 atom stereocenters. The van der Waals surface area contributed by atoms with Crippen molar-refractivity contribution in [3.05, 3.63) is 82.6 Å². The predicted octanol–water partition coefficient (Wildman–Crippen LogP) is 4.31. The maximum absolute atomic E-state index is 13.1. The van der Waals surface area contributed by atoms with E-state index in [9.17, 15) is 17.6 Å². The zero-order chi connectivity index (χ0) is 22.9. The quantitative estimate of drug-likeness (QED) is 0.560. The highest BCUT2D eigenvalue weighted by Crippen LogP contribution is 2.30. The topological polar surface area (TPSA) is 101 Å². The summed E-state index contributed by atoms with van der Waals surface area (Å²) in [5.74, 6) is -0.161. The van der Waals surface area contributed by atoms with Gasteiger partial charge in [0.05, 0.1) is 10.6 Å². The number of sulfonamides is 1. The number of anilines is 1. The molecule has 0 saturated carbocycles. The van der Waals surface area contributed by atoms with E-state index < -0.39 is 21.7 Å². The summed E-state index contributed by atoms with van der Waals surface area (Å²) in [5, 5.41) is 6.85. The van der Waals surface area contributed by atoms with Crippen molar-refractivity contribution >= 4 is 27.3 Å². The number of amides is 1. The van der Waals surface area contributed by atoms with Crippen molar-refractivity contribution in [1.29, 1.82) is 0 Å². The van der Waals surface area contributed by atoms with E-state index in [4.69, 9.17) is 4.42 Å². The molecule has 1 heterocycles. The monoisotopic (exact) mass is 455 g/mol. The van der Waals surface area contributed by atoms with Gasteiger partial charge in [-0.25, -0.2) is 4.39 Å². The van der Waals surface area contributed by atoms with Crippen LogP contribution in [0.3, 0.4) is 0 Å². The first-order valence-corrected chi connectivity index (χ1v) is 11.6. The van der Waals surface area contributed by atoms with Crippen LogP contribution in [0.15, 0.2) is 62.9 Å². The largest absolute Gasteiger partial charge is 0.455 e. The summed E-state index contributed by atoms with van der Waals surface area (Å²) in [5.41, 5.74) is 3.13. The molecule has 0 bridgehead atoms. The maximum Gasteiger partial charge on any atom is 0.291 e. The fourth-order valence-corrected chi connectivity index (χ4v) is 4.43. The van der Waals surface area contributed by atoms with Gasteiger partial charge in [-0.05, 0) is 63.1 Å². The van der Waals surface area contributed by atoms with Gasteiger partial charge in [-0.3, -0.25) is 4.79 Å². The minimum absolute atomic E-state index is 0.117. The van der Waals surface area contributed by atoms with Crippen LogP contribution in [-0.2, 0) is 16.4 Å². The number of hydrogen-bond donors (Lipinski definition) is 2. The van der Waals surface area contributed by atoms with Crippen molar-refractivity contribution in [3.63, 3.8) is 0 Å². The minimum Gasteiger partial charge on any atom is -0.455 e. The molecule has 0 unspecified atom stereocenters. The Morgan fingerprint density at radius 1 is 1.03 bits per heavy atom. The van der Waals surface area contributed by atoms with Crippen LogP contribution < -0.4 is 10.1 Å². The highest BCUT2D eigenvalue weighted by atomic mass is 32.2. The lowest BCUT2D eigenvalue weighted by molar-refractivity contribution is 0.0994. The van der Waals surface area contributed by atoms with Crippen molar-refractivity contribution in [1.82, 2.24) is 4.83 Å². The molecule has 2 N–H and O–H groups in total. The Morgan fingerprint density at radius 2 is 1.72 bits per heavy atom. The number of hydrogen-bond acceptors (Lipinski definition) is 5. The number of nitrogens with one attached hydrogen (secondary N) is 2. The summed E-state index contributed by atoms with van der Waals surface area (Å²) in [6, 6.07) is 11.9. The third-order valence-corrected chi connectivity index (χ3v) is 6.49. The van der Waals surface area contributed by atoms with E-state index >= 15 is 0 Å². The molecule has 1 amide bonds. The summed E-state index contributed by atoms with van der Waals surface area (Å²) in [4.78, 5) is 15.1. The number of nitrogens with zero attached hydrogens (tertiary/aromatic N) is 1. The highest BCUT2D eigenvalue weighted by Gasteiger charge is 2.28. The number of hydrazone groups is 1. The molecule has 1 aromatic heterocycles. The van der Waals surface area contributed by atoms with Gasteiger partial charge in [0, 0.05) is 23.2 Å². The van der Waals surface area contributed by atoms with Gasteiger partial charge in [0.2, 0.25) is 0 Å². The number of aryl methyl sites for hydroxylation is 2. The van der Waals surface area contributed by atoms with E-state index in [0.29, 0.717) is 47.5 Å². The lowest BCUT2D eigenvalue weighted by Gasteiger charge is -2.14. The number of carbonyl (C=O) groups is 1. The van der Waals surface area contributed by atoms with Gasteiger partial charge in [0.1, 0.15) is 11.6 Å². The molecule has 0 fully saturated rings. The molecule has 1 aliphatic rings. The Balaban J connectivity index is 1.59. The van der Waals surface area contributed by atoms with Crippen LogP contribution in [0, 0.1) is 19.7 Å². The Hall–Kier alpha value is -3.46. The normalized spacial score (nSPS) is 14.8. The first-order valence-electron chi connectivity index (χ1n) is 10.1. The summed E-state index contributed by atoms with van der Waals surface area (Å²) >= 11 is 0. The van der Waals surface area contributed by atoms with E-state index in [2.05, 4.69) is 15.2 Å². The molecule has 9 heteroatoms. The molecule has 0 saturated heterocycles. The van der Waals surface area contributed by atoms with Gasteiger partial charge >= 0.3 is 0 Å². The Kier molecular flexibility index (Phi) is 5.84. The lowest BCUT2D eigenvalue weighted by Crippen LogP contribution is -2.22. The van der Waals surface area contributed by atoms with Crippen LogP contribution in [0.25, 0.3) is 0 Å². The predicted molar refractivity (Wildman–Crippen MR) is 119 cm³/mol. The molecule has 4 rings (SSSR count). The number of carbonyl (C=O) groups excluding carboxylic acids is 1. The van der Waals surface area contributed by atoms with Crippen LogP contribution in [0.4, 0.5) is 10.1 Å². The molecular weight excluding hydrogens is 433 g/mol. The van der Waals surface area contributed by atoms with E-state index in [0.717, 1.165) is 5.56 Å². The third kappa shape index (κ3) is 4.43. The van der Waals surface area contributed by atoms with Crippen LogP contribution >= 0.6 is 0 Å². The van der Waals surface area contributed by atoms with Crippen molar-refractivity contribution in [2.24, 2.45) is 5.10 Å². The van der Waals surface area contributed by atoms with E-state index in [-0.39, 0.29) is 10.7 Å². The smallest absolute Gasteiger partial charge is 0.291 e. The molecule has 1 aliphatic carbocycles. The first-order chi connectivity index (χ1) is 15.2. The van der Waals surface area contributed by atoms with E-state index in [1.165, 1.54) is 36.4 Å². The number of rotatable bonds is 5. The van der Waals surface area contributed by atoms with Crippen LogP contribution in [0.5, 0.6) is 0 Å². The molecule has 0 radical (unpaired) electrons. The Labute approximate surface area is 185 Å².